The molecule has 1 heterocycles. The number of anilines is 1. The summed E-state index contributed by atoms with van der Waals surface area (Å²) in [6.07, 6.45) is 3.30. The van der Waals surface area contributed by atoms with Crippen LogP contribution in [0.3, 0.4) is 0 Å². The molecule has 0 amide bonds. The average Bonchev–Trinajstić information content (AvgIpc) is 3.11. The van der Waals surface area contributed by atoms with Gasteiger partial charge in [0.2, 0.25) is 10.0 Å². The van der Waals surface area contributed by atoms with Crippen molar-refractivity contribution >= 4 is 31.8 Å². The van der Waals surface area contributed by atoms with Crippen LogP contribution in [0.2, 0.25) is 0 Å². The molecule has 0 radical (unpaired) electrons. The molecule has 8 heteroatoms. The number of hydrazine groups is 1. The van der Waals surface area contributed by atoms with E-state index in [2.05, 4.69) is 26.3 Å². The summed E-state index contributed by atoms with van der Waals surface area (Å²) in [6, 6.07) is 1.60. The van der Waals surface area contributed by atoms with E-state index in [0.29, 0.717) is 4.47 Å². The molecule has 1 saturated carbocycles. The maximum Gasteiger partial charge on any atom is 0.246 e. The third-order valence-corrected chi connectivity index (χ3v) is 5.03. The van der Waals surface area contributed by atoms with E-state index in [9.17, 15) is 8.42 Å². The Balaban J connectivity index is 2.47. The van der Waals surface area contributed by atoms with Crippen LogP contribution in [0.5, 0.6) is 0 Å². The van der Waals surface area contributed by atoms with Crippen molar-refractivity contribution in [2.24, 2.45) is 5.84 Å². The standard InChI is InChI=1S/C9H13BrN4O2S/c1-14(7-2-3-7)17(15,16)8-4-6(10)5-12-9(8)13-11/h4-5,7H,2-3,11H2,1H3,(H,12,13). The maximum absolute atomic E-state index is 12.3. The normalized spacial score (nSPS) is 16.2. The Bertz CT molecular complexity index is 530. The minimum atomic E-state index is -3.54. The predicted molar refractivity (Wildman–Crippen MR) is 67.7 cm³/mol. The number of hydrogen-bond acceptors (Lipinski definition) is 5. The number of nitrogens with zero attached hydrogens (tertiary/aromatic N) is 2. The number of sulfonamides is 1. The number of halogens is 1. The van der Waals surface area contributed by atoms with E-state index in [1.54, 1.807) is 7.05 Å². The summed E-state index contributed by atoms with van der Waals surface area (Å²) in [4.78, 5) is 4.02. The van der Waals surface area contributed by atoms with Gasteiger partial charge in [0.15, 0.2) is 5.82 Å². The van der Waals surface area contributed by atoms with E-state index in [1.165, 1.54) is 16.6 Å². The van der Waals surface area contributed by atoms with E-state index >= 15 is 0 Å². The molecule has 17 heavy (non-hydrogen) atoms. The molecule has 0 spiro atoms. The minimum Gasteiger partial charge on any atom is -0.307 e. The molecule has 2 rings (SSSR count). The molecule has 1 aromatic rings. The lowest BCUT2D eigenvalue weighted by molar-refractivity contribution is 0.464. The fourth-order valence-electron chi connectivity index (χ4n) is 1.52. The Morgan fingerprint density at radius 1 is 1.59 bits per heavy atom. The Morgan fingerprint density at radius 2 is 2.24 bits per heavy atom. The van der Waals surface area contributed by atoms with Crippen LogP contribution in [0.1, 0.15) is 12.8 Å². The van der Waals surface area contributed by atoms with Crippen LogP contribution >= 0.6 is 15.9 Å². The zero-order valence-electron chi connectivity index (χ0n) is 9.22. The number of hydrogen-bond donors (Lipinski definition) is 2. The lowest BCUT2D eigenvalue weighted by Gasteiger charge is -2.18. The van der Waals surface area contributed by atoms with Gasteiger partial charge < -0.3 is 5.43 Å². The Hall–Kier alpha value is -0.700. The molecule has 0 atom stereocenters. The van der Waals surface area contributed by atoms with Gasteiger partial charge in [0, 0.05) is 23.8 Å². The molecule has 0 bridgehead atoms. The molecule has 0 unspecified atom stereocenters. The molecule has 1 aliphatic carbocycles. The van der Waals surface area contributed by atoms with Crippen molar-refractivity contribution in [1.29, 1.82) is 0 Å². The fraction of sp³-hybridized carbons (Fsp3) is 0.444. The largest absolute Gasteiger partial charge is 0.307 e. The van der Waals surface area contributed by atoms with Crippen molar-refractivity contribution in [3.63, 3.8) is 0 Å². The van der Waals surface area contributed by atoms with Gasteiger partial charge in [0.25, 0.3) is 0 Å². The summed E-state index contributed by atoms with van der Waals surface area (Å²) >= 11 is 3.21. The summed E-state index contributed by atoms with van der Waals surface area (Å²) in [5.41, 5.74) is 2.31. The molecule has 3 N–H and O–H groups in total. The summed E-state index contributed by atoms with van der Waals surface area (Å²) in [7, 11) is -1.97. The Labute approximate surface area is 108 Å². The van der Waals surface area contributed by atoms with Gasteiger partial charge in [-0.1, -0.05) is 0 Å². The molecule has 1 aromatic heterocycles. The molecule has 6 nitrogen and oxygen atoms in total. The van der Waals surface area contributed by atoms with Crippen LogP contribution < -0.4 is 11.3 Å². The zero-order chi connectivity index (χ0) is 12.6. The predicted octanol–water partition coefficient (Wildman–Crippen LogP) is 0.913. The smallest absolute Gasteiger partial charge is 0.246 e. The molecule has 0 aliphatic heterocycles. The van der Waals surface area contributed by atoms with Crippen LogP contribution in [0.15, 0.2) is 21.6 Å². The molecular formula is C9H13BrN4O2S. The van der Waals surface area contributed by atoms with Gasteiger partial charge in [-0.25, -0.2) is 19.2 Å². The number of nitrogens with two attached hydrogens (primary N) is 1. The van der Waals surface area contributed by atoms with E-state index in [-0.39, 0.29) is 16.8 Å². The zero-order valence-corrected chi connectivity index (χ0v) is 11.6. The number of nitrogen functional groups attached to an aromatic ring is 1. The minimum absolute atomic E-state index is 0.0868. The van der Waals surface area contributed by atoms with E-state index in [4.69, 9.17) is 5.84 Å². The van der Waals surface area contributed by atoms with Gasteiger partial charge in [-0.2, -0.15) is 4.31 Å². The Morgan fingerprint density at radius 3 is 2.76 bits per heavy atom. The monoisotopic (exact) mass is 320 g/mol. The molecule has 94 valence electrons. The lowest BCUT2D eigenvalue weighted by Crippen LogP contribution is -2.30. The van der Waals surface area contributed by atoms with E-state index < -0.39 is 10.0 Å². The van der Waals surface area contributed by atoms with E-state index in [0.717, 1.165) is 12.8 Å². The number of aromatic nitrogens is 1. The molecule has 1 fully saturated rings. The summed E-state index contributed by atoms with van der Waals surface area (Å²) < 4.78 is 26.6. The Kier molecular flexibility index (Phi) is 3.39. The van der Waals surface area contributed by atoms with Crippen molar-refractivity contribution in [3.8, 4) is 0 Å². The van der Waals surface area contributed by atoms with Gasteiger partial charge in [0.05, 0.1) is 0 Å². The quantitative estimate of drug-likeness (QED) is 0.636. The molecule has 0 saturated heterocycles. The first kappa shape index (κ1) is 12.7. The highest BCUT2D eigenvalue weighted by Gasteiger charge is 2.36. The number of rotatable bonds is 4. The fourth-order valence-corrected chi connectivity index (χ4v) is 3.54. The second kappa shape index (κ2) is 4.52. The van der Waals surface area contributed by atoms with Crippen LogP contribution in [0.25, 0.3) is 0 Å². The third-order valence-electron chi connectivity index (χ3n) is 2.67. The van der Waals surface area contributed by atoms with Gasteiger partial charge in [-0.05, 0) is 34.8 Å². The van der Waals surface area contributed by atoms with Gasteiger partial charge in [0.1, 0.15) is 4.90 Å². The first-order valence-corrected chi connectivity index (χ1v) is 7.30. The van der Waals surface area contributed by atoms with Crippen LogP contribution in [0, 0.1) is 0 Å². The summed E-state index contributed by atoms with van der Waals surface area (Å²) in [5.74, 6) is 5.43. The van der Waals surface area contributed by atoms with Gasteiger partial charge >= 0.3 is 0 Å². The van der Waals surface area contributed by atoms with Crippen LogP contribution in [0.4, 0.5) is 5.82 Å². The third kappa shape index (κ3) is 2.44. The average molecular weight is 321 g/mol. The van der Waals surface area contributed by atoms with Gasteiger partial charge in [-0.15, -0.1) is 0 Å². The highest BCUT2D eigenvalue weighted by Crippen LogP contribution is 2.32. The number of pyridine rings is 1. The summed E-state index contributed by atoms with van der Waals surface area (Å²) in [5, 5.41) is 0. The topological polar surface area (TPSA) is 88.3 Å². The molecule has 1 aliphatic rings. The number of nitrogens with one attached hydrogen (secondary N) is 1. The highest BCUT2D eigenvalue weighted by molar-refractivity contribution is 9.10. The van der Waals surface area contributed by atoms with Crippen molar-refractivity contribution in [3.05, 3.63) is 16.7 Å². The molecule has 0 aromatic carbocycles. The van der Waals surface area contributed by atoms with E-state index in [1.807, 2.05) is 0 Å². The maximum atomic E-state index is 12.3. The first-order chi connectivity index (χ1) is 7.96. The van der Waals surface area contributed by atoms with Crippen molar-refractivity contribution in [2.45, 2.75) is 23.8 Å². The second-order valence-corrected chi connectivity index (χ2v) is 6.78. The first-order valence-electron chi connectivity index (χ1n) is 5.07. The van der Waals surface area contributed by atoms with Crippen molar-refractivity contribution in [1.82, 2.24) is 9.29 Å². The summed E-state index contributed by atoms with van der Waals surface area (Å²) in [6.45, 7) is 0. The van der Waals surface area contributed by atoms with Crippen molar-refractivity contribution < 1.29 is 8.42 Å². The van der Waals surface area contributed by atoms with Gasteiger partial charge in [-0.3, -0.25) is 0 Å². The van der Waals surface area contributed by atoms with Crippen LogP contribution in [-0.2, 0) is 10.0 Å². The SMILES string of the molecule is CN(C1CC1)S(=O)(=O)c1cc(Br)cnc1NN. The van der Waals surface area contributed by atoms with Crippen LogP contribution in [-0.4, -0.2) is 30.8 Å². The lowest BCUT2D eigenvalue weighted by atomic mass is 10.5. The highest BCUT2D eigenvalue weighted by atomic mass is 79.9. The molecular weight excluding hydrogens is 308 g/mol. The van der Waals surface area contributed by atoms with Crippen molar-refractivity contribution in [2.75, 3.05) is 12.5 Å². The second-order valence-electron chi connectivity index (χ2n) is 3.90.